The zero-order valence-corrected chi connectivity index (χ0v) is 15.0. The van der Waals surface area contributed by atoms with Crippen LogP contribution >= 0.6 is 11.8 Å². The summed E-state index contributed by atoms with van der Waals surface area (Å²) in [5.41, 5.74) is 0. The first-order chi connectivity index (χ1) is 11.2. The molecule has 2 N–H and O–H groups in total. The predicted molar refractivity (Wildman–Crippen MR) is 96.1 cm³/mol. The lowest BCUT2D eigenvalue weighted by atomic mass is 10.0. The number of para-hydroxylation sites is 1. The Bertz CT molecular complexity index is 490. The van der Waals surface area contributed by atoms with Gasteiger partial charge in [-0.1, -0.05) is 19.1 Å². The quantitative estimate of drug-likeness (QED) is 0.681. The van der Waals surface area contributed by atoms with Crippen LogP contribution in [0.15, 0.2) is 29.2 Å². The van der Waals surface area contributed by atoms with E-state index in [4.69, 9.17) is 4.74 Å². The number of ether oxygens (including phenoxy) is 1. The molecule has 4 nitrogen and oxygen atoms in total. The zero-order chi connectivity index (χ0) is 16.5. The second-order valence-electron chi connectivity index (χ2n) is 6.27. The van der Waals surface area contributed by atoms with E-state index in [0.717, 1.165) is 42.5 Å². The van der Waals surface area contributed by atoms with Gasteiger partial charge >= 0.3 is 0 Å². The van der Waals surface area contributed by atoms with E-state index in [-0.39, 0.29) is 5.91 Å². The van der Waals surface area contributed by atoms with Gasteiger partial charge in [0.1, 0.15) is 5.75 Å². The summed E-state index contributed by atoms with van der Waals surface area (Å²) >= 11 is 1.78. The molecule has 1 aliphatic rings. The first-order valence-corrected chi connectivity index (χ1v) is 9.41. The Morgan fingerprint density at radius 3 is 3.04 bits per heavy atom. The van der Waals surface area contributed by atoms with Crippen LogP contribution in [-0.4, -0.2) is 38.4 Å². The number of benzene rings is 1. The minimum Gasteiger partial charge on any atom is -0.496 e. The molecule has 0 aliphatic carbocycles. The van der Waals surface area contributed by atoms with Crippen molar-refractivity contribution >= 4 is 17.7 Å². The van der Waals surface area contributed by atoms with Gasteiger partial charge in [0.15, 0.2) is 0 Å². The van der Waals surface area contributed by atoms with Crippen LogP contribution in [0.1, 0.15) is 26.2 Å². The highest BCUT2D eigenvalue weighted by molar-refractivity contribution is 7.99. The van der Waals surface area contributed by atoms with Crippen molar-refractivity contribution in [1.29, 1.82) is 0 Å². The number of amides is 1. The molecule has 1 fully saturated rings. The summed E-state index contributed by atoms with van der Waals surface area (Å²) in [7, 11) is 1.70. The Balaban J connectivity index is 1.62. The van der Waals surface area contributed by atoms with Crippen LogP contribution < -0.4 is 15.4 Å². The van der Waals surface area contributed by atoms with Crippen LogP contribution in [0.5, 0.6) is 5.75 Å². The van der Waals surface area contributed by atoms with Gasteiger partial charge in [0.2, 0.25) is 5.91 Å². The van der Waals surface area contributed by atoms with Gasteiger partial charge in [-0.3, -0.25) is 4.79 Å². The Hall–Kier alpha value is -1.20. The topological polar surface area (TPSA) is 50.4 Å². The van der Waals surface area contributed by atoms with Gasteiger partial charge in [0.25, 0.3) is 0 Å². The van der Waals surface area contributed by atoms with E-state index in [0.29, 0.717) is 18.3 Å². The molecular formula is C18H28N2O2S. The van der Waals surface area contributed by atoms with Crippen molar-refractivity contribution in [3.05, 3.63) is 24.3 Å². The molecule has 5 heteroatoms. The van der Waals surface area contributed by atoms with Gasteiger partial charge in [-0.2, -0.15) is 0 Å². The molecule has 2 rings (SSSR count). The van der Waals surface area contributed by atoms with Gasteiger partial charge in [-0.15, -0.1) is 11.8 Å². The average Bonchev–Trinajstić information content (AvgIpc) is 3.10. The van der Waals surface area contributed by atoms with Crippen LogP contribution in [-0.2, 0) is 4.79 Å². The predicted octanol–water partition coefficient (Wildman–Crippen LogP) is 2.93. The first-order valence-electron chi connectivity index (χ1n) is 8.42. The standard InChI is InChI=1S/C18H28N2O2S/c1-14(13-23-17-6-4-3-5-16(17)22-2)11-20-18(21)8-7-15-9-10-19-12-15/h3-6,14-15,19H,7-13H2,1-2H3,(H,20,21). The maximum absolute atomic E-state index is 11.9. The smallest absolute Gasteiger partial charge is 0.220 e. The number of carbonyl (C=O) groups is 1. The normalized spacial score (nSPS) is 18.6. The molecular weight excluding hydrogens is 308 g/mol. The molecule has 2 atom stereocenters. The number of hydrogen-bond donors (Lipinski definition) is 2. The Labute approximate surface area is 143 Å². The van der Waals surface area contributed by atoms with Crippen molar-refractivity contribution in [2.45, 2.75) is 31.1 Å². The van der Waals surface area contributed by atoms with Crippen LogP contribution in [0, 0.1) is 11.8 Å². The summed E-state index contributed by atoms with van der Waals surface area (Å²) in [6.45, 7) is 5.08. The highest BCUT2D eigenvalue weighted by Crippen LogP contribution is 2.29. The number of thioether (sulfide) groups is 1. The molecule has 0 saturated carbocycles. The van der Waals surface area contributed by atoms with Crippen molar-refractivity contribution in [3.8, 4) is 5.75 Å². The second-order valence-corrected chi connectivity index (χ2v) is 7.33. The summed E-state index contributed by atoms with van der Waals surface area (Å²) in [6, 6.07) is 8.05. The van der Waals surface area contributed by atoms with Crippen LogP contribution in [0.25, 0.3) is 0 Å². The van der Waals surface area contributed by atoms with Crippen LogP contribution in [0.2, 0.25) is 0 Å². The fourth-order valence-electron chi connectivity index (χ4n) is 2.70. The van der Waals surface area contributed by atoms with E-state index in [1.165, 1.54) is 6.42 Å². The lowest BCUT2D eigenvalue weighted by Gasteiger charge is -2.14. The lowest BCUT2D eigenvalue weighted by molar-refractivity contribution is -0.121. The Morgan fingerprint density at radius 1 is 1.48 bits per heavy atom. The Morgan fingerprint density at radius 2 is 2.30 bits per heavy atom. The minimum atomic E-state index is 0.186. The molecule has 1 aromatic carbocycles. The fraction of sp³-hybridized carbons (Fsp3) is 0.611. The van der Waals surface area contributed by atoms with Crippen molar-refractivity contribution in [3.63, 3.8) is 0 Å². The zero-order valence-electron chi connectivity index (χ0n) is 14.1. The number of methoxy groups -OCH3 is 1. The summed E-state index contributed by atoms with van der Waals surface area (Å²) in [5, 5.41) is 6.41. The van der Waals surface area contributed by atoms with Crippen molar-refractivity contribution in [2.75, 3.05) is 32.5 Å². The van der Waals surface area contributed by atoms with Crippen molar-refractivity contribution in [2.24, 2.45) is 11.8 Å². The molecule has 1 aliphatic heterocycles. The van der Waals surface area contributed by atoms with E-state index in [2.05, 4.69) is 23.6 Å². The van der Waals surface area contributed by atoms with Gasteiger partial charge in [0, 0.05) is 23.6 Å². The molecule has 1 amide bonds. The van der Waals surface area contributed by atoms with Gasteiger partial charge in [0.05, 0.1) is 7.11 Å². The van der Waals surface area contributed by atoms with Gasteiger partial charge in [-0.25, -0.2) is 0 Å². The average molecular weight is 337 g/mol. The van der Waals surface area contributed by atoms with Gasteiger partial charge < -0.3 is 15.4 Å². The molecule has 0 spiro atoms. The highest BCUT2D eigenvalue weighted by Gasteiger charge is 2.16. The van der Waals surface area contributed by atoms with Crippen molar-refractivity contribution < 1.29 is 9.53 Å². The van der Waals surface area contributed by atoms with E-state index in [1.54, 1.807) is 18.9 Å². The summed E-state index contributed by atoms with van der Waals surface area (Å²) < 4.78 is 5.36. The third-order valence-corrected chi connectivity index (χ3v) is 5.57. The molecule has 23 heavy (non-hydrogen) atoms. The number of rotatable bonds is 9. The third-order valence-electron chi connectivity index (χ3n) is 4.18. The van der Waals surface area contributed by atoms with E-state index in [1.807, 2.05) is 18.2 Å². The van der Waals surface area contributed by atoms with Crippen LogP contribution in [0.3, 0.4) is 0 Å². The summed E-state index contributed by atoms with van der Waals surface area (Å²) in [5.74, 6) is 3.18. The number of hydrogen-bond acceptors (Lipinski definition) is 4. The molecule has 0 aromatic heterocycles. The first kappa shape index (κ1) is 18.1. The molecule has 1 saturated heterocycles. The molecule has 0 radical (unpaired) electrons. The van der Waals surface area contributed by atoms with E-state index in [9.17, 15) is 4.79 Å². The highest BCUT2D eigenvalue weighted by atomic mass is 32.2. The monoisotopic (exact) mass is 336 g/mol. The minimum absolute atomic E-state index is 0.186. The van der Waals surface area contributed by atoms with Gasteiger partial charge in [-0.05, 0) is 49.9 Å². The molecule has 0 bridgehead atoms. The number of nitrogens with one attached hydrogen (secondary N) is 2. The SMILES string of the molecule is COc1ccccc1SCC(C)CNC(=O)CCC1CCNC1. The largest absolute Gasteiger partial charge is 0.496 e. The van der Waals surface area contributed by atoms with Crippen LogP contribution in [0.4, 0.5) is 0 Å². The summed E-state index contributed by atoms with van der Waals surface area (Å²) in [6.07, 6.45) is 2.86. The Kier molecular flexibility index (Phi) is 7.76. The van der Waals surface area contributed by atoms with Crippen molar-refractivity contribution in [1.82, 2.24) is 10.6 Å². The summed E-state index contributed by atoms with van der Waals surface area (Å²) in [4.78, 5) is 13.1. The molecule has 1 aromatic rings. The fourth-order valence-corrected chi connectivity index (χ4v) is 3.75. The van der Waals surface area contributed by atoms with E-state index < -0.39 is 0 Å². The lowest BCUT2D eigenvalue weighted by Crippen LogP contribution is -2.29. The molecule has 2 unspecified atom stereocenters. The second kappa shape index (κ2) is 9.83. The number of carbonyl (C=O) groups excluding carboxylic acids is 1. The maximum Gasteiger partial charge on any atom is 0.220 e. The third kappa shape index (κ3) is 6.43. The maximum atomic E-state index is 11.9. The molecule has 1 heterocycles. The molecule has 128 valence electrons. The van der Waals surface area contributed by atoms with E-state index >= 15 is 0 Å².